The number of carbonyl (C=O) groups is 1. The van der Waals surface area contributed by atoms with E-state index in [9.17, 15) is 4.79 Å². The number of nitrogens with zero attached hydrogens (tertiary/aromatic N) is 4. The maximum absolute atomic E-state index is 12.8. The van der Waals surface area contributed by atoms with Crippen LogP contribution < -0.4 is 9.80 Å². The van der Waals surface area contributed by atoms with E-state index in [0.29, 0.717) is 17.9 Å². The number of aromatic amines is 1. The van der Waals surface area contributed by atoms with Gasteiger partial charge >= 0.3 is 0 Å². The van der Waals surface area contributed by atoms with Crippen molar-refractivity contribution in [3.63, 3.8) is 0 Å². The molecule has 0 unspecified atom stereocenters. The second kappa shape index (κ2) is 5.49. The van der Waals surface area contributed by atoms with E-state index in [0.717, 1.165) is 22.9 Å². The molecule has 4 rings (SSSR count). The molecule has 0 saturated heterocycles. The van der Waals surface area contributed by atoms with E-state index < -0.39 is 0 Å². The van der Waals surface area contributed by atoms with Crippen molar-refractivity contribution in [1.82, 2.24) is 15.0 Å². The first kappa shape index (κ1) is 14.4. The second-order valence-electron chi connectivity index (χ2n) is 5.61. The molecule has 1 amide bonds. The van der Waals surface area contributed by atoms with Crippen molar-refractivity contribution in [3.8, 4) is 11.4 Å². The minimum atomic E-state index is -0.0790. The second-order valence-corrected chi connectivity index (χ2v) is 5.61. The van der Waals surface area contributed by atoms with Gasteiger partial charge in [0.1, 0.15) is 5.82 Å². The van der Waals surface area contributed by atoms with Gasteiger partial charge < -0.3 is 14.8 Å². The summed E-state index contributed by atoms with van der Waals surface area (Å²) in [5, 5.41) is 0. The number of nitrogens with one attached hydrogen (secondary N) is 1. The van der Waals surface area contributed by atoms with Gasteiger partial charge in [0.05, 0.1) is 22.6 Å². The number of H-pyrrole nitrogens is 1. The van der Waals surface area contributed by atoms with Crippen LogP contribution in [0.15, 0.2) is 48.8 Å². The lowest BCUT2D eigenvalue weighted by atomic mass is 10.2. The summed E-state index contributed by atoms with van der Waals surface area (Å²) in [5.41, 5.74) is 3.13. The van der Waals surface area contributed by atoms with Gasteiger partial charge in [0.15, 0.2) is 5.82 Å². The highest BCUT2D eigenvalue weighted by atomic mass is 16.2. The maximum Gasteiger partial charge on any atom is 0.261 e. The van der Waals surface area contributed by atoms with Crippen LogP contribution >= 0.6 is 0 Å². The Morgan fingerprint density at radius 1 is 1.12 bits per heavy atom. The van der Waals surface area contributed by atoms with Crippen LogP contribution in [-0.4, -0.2) is 34.5 Å². The van der Waals surface area contributed by atoms with E-state index >= 15 is 0 Å². The molecule has 0 fully saturated rings. The number of amides is 1. The number of hydrogen-bond acceptors (Lipinski definition) is 4. The zero-order valence-electron chi connectivity index (χ0n) is 13.5. The van der Waals surface area contributed by atoms with Gasteiger partial charge in [-0.1, -0.05) is 0 Å². The van der Waals surface area contributed by atoms with Crippen LogP contribution in [0.25, 0.3) is 11.4 Å². The first-order valence-corrected chi connectivity index (χ1v) is 7.86. The first-order chi connectivity index (χ1) is 11.7. The SMILES string of the molecule is CCN1c2ncccc2C(=O)N(C)c2ccc(-c3ccc[nH]3)nc21. The van der Waals surface area contributed by atoms with Crippen LogP contribution in [0.4, 0.5) is 17.3 Å². The molecule has 0 aromatic carbocycles. The Morgan fingerprint density at radius 2 is 2.00 bits per heavy atom. The quantitative estimate of drug-likeness (QED) is 0.787. The number of anilines is 3. The molecule has 0 bridgehead atoms. The molecular weight excluding hydrogens is 302 g/mol. The molecule has 4 heterocycles. The van der Waals surface area contributed by atoms with E-state index in [1.165, 1.54) is 0 Å². The number of rotatable bonds is 2. The van der Waals surface area contributed by atoms with Gasteiger partial charge in [0.2, 0.25) is 0 Å². The molecule has 3 aromatic rings. The summed E-state index contributed by atoms with van der Waals surface area (Å²) < 4.78 is 0. The molecule has 1 aliphatic heterocycles. The molecule has 24 heavy (non-hydrogen) atoms. The van der Waals surface area contributed by atoms with Crippen LogP contribution in [0.5, 0.6) is 0 Å². The Bertz CT molecular complexity index is 904. The van der Waals surface area contributed by atoms with Gasteiger partial charge in [-0.25, -0.2) is 9.97 Å². The fourth-order valence-electron chi connectivity index (χ4n) is 3.01. The Hall–Kier alpha value is -3.15. The third-order valence-electron chi connectivity index (χ3n) is 4.24. The zero-order valence-corrected chi connectivity index (χ0v) is 13.5. The van der Waals surface area contributed by atoms with Gasteiger partial charge in [-0.05, 0) is 43.3 Å². The molecule has 6 heteroatoms. The molecule has 1 N–H and O–H groups in total. The summed E-state index contributed by atoms with van der Waals surface area (Å²) in [6, 6.07) is 11.4. The third kappa shape index (κ3) is 2.07. The van der Waals surface area contributed by atoms with Crippen LogP contribution in [0.3, 0.4) is 0 Å². The maximum atomic E-state index is 12.8. The summed E-state index contributed by atoms with van der Waals surface area (Å²) in [7, 11) is 1.77. The lowest BCUT2D eigenvalue weighted by Crippen LogP contribution is -2.25. The summed E-state index contributed by atoms with van der Waals surface area (Å²) in [5.74, 6) is 1.30. The molecule has 0 aliphatic carbocycles. The Kier molecular flexibility index (Phi) is 3.30. The smallest absolute Gasteiger partial charge is 0.261 e. The lowest BCUT2D eigenvalue weighted by molar-refractivity contribution is 0.0994. The van der Waals surface area contributed by atoms with Crippen molar-refractivity contribution >= 4 is 23.2 Å². The monoisotopic (exact) mass is 319 g/mol. The average molecular weight is 319 g/mol. The van der Waals surface area contributed by atoms with Crippen molar-refractivity contribution in [2.75, 3.05) is 23.4 Å². The molecule has 120 valence electrons. The number of aromatic nitrogens is 3. The number of pyridine rings is 2. The third-order valence-corrected chi connectivity index (χ3v) is 4.24. The zero-order chi connectivity index (χ0) is 16.7. The van der Waals surface area contributed by atoms with Crippen molar-refractivity contribution < 1.29 is 4.79 Å². The minimum absolute atomic E-state index is 0.0790. The molecule has 0 saturated carbocycles. The van der Waals surface area contributed by atoms with Crippen molar-refractivity contribution in [1.29, 1.82) is 0 Å². The molecule has 6 nitrogen and oxygen atoms in total. The van der Waals surface area contributed by atoms with Gasteiger partial charge in [-0.3, -0.25) is 4.79 Å². The van der Waals surface area contributed by atoms with E-state index in [1.807, 2.05) is 48.4 Å². The average Bonchev–Trinajstić information content (AvgIpc) is 3.13. The van der Waals surface area contributed by atoms with Crippen LogP contribution in [-0.2, 0) is 0 Å². The standard InChI is InChI=1S/C18H17N5O/c1-3-23-16-12(6-4-11-20-16)18(24)22(2)15-9-8-14(21-17(15)23)13-7-5-10-19-13/h4-11,19H,3H2,1-2H3. The summed E-state index contributed by atoms with van der Waals surface area (Å²) in [6.07, 6.45) is 3.57. The summed E-state index contributed by atoms with van der Waals surface area (Å²) >= 11 is 0. The normalized spacial score (nSPS) is 13.5. The Morgan fingerprint density at radius 3 is 2.75 bits per heavy atom. The van der Waals surface area contributed by atoms with Crippen molar-refractivity contribution in [2.45, 2.75) is 6.92 Å². The van der Waals surface area contributed by atoms with Gasteiger partial charge in [-0.2, -0.15) is 0 Å². The summed E-state index contributed by atoms with van der Waals surface area (Å²) in [6.45, 7) is 2.69. The van der Waals surface area contributed by atoms with Crippen LogP contribution in [0.1, 0.15) is 17.3 Å². The first-order valence-electron chi connectivity index (χ1n) is 7.86. The fourth-order valence-corrected chi connectivity index (χ4v) is 3.01. The van der Waals surface area contributed by atoms with Crippen LogP contribution in [0.2, 0.25) is 0 Å². The lowest BCUT2D eigenvalue weighted by Gasteiger charge is -2.23. The number of fused-ring (bicyclic) bond motifs is 2. The highest BCUT2D eigenvalue weighted by molar-refractivity contribution is 6.12. The highest BCUT2D eigenvalue weighted by Crippen LogP contribution is 2.38. The highest BCUT2D eigenvalue weighted by Gasteiger charge is 2.30. The number of carbonyl (C=O) groups excluding carboxylic acids is 1. The molecule has 3 aromatic heterocycles. The largest absolute Gasteiger partial charge is 0.360 e. The van der Waals surface area contributed by atoms with Crippen molar-refractivity contribution in [3.05, 3.63) is 54.4 Å². The minimum Gasteiger partial charge on any atom is -0.360 e. The predicted octanol–water partition coefficient (Wildman–Crippen LogP) is 3.22. The van der Waals surface area contributed by atoms with Gasteiger partial charge in [0.25, 0.3) is 5.91 Å². The fraction of sp³-hybridized carbons (Fsp3) is 0.167. The van der Waals surface area contributed by atoms with E-state index in [2.05, 4.69) is 9.97 Å². The summed E-state index contributed by atoms with van der Waals surface area (Å²) in [4.78, 5) is 28.8. The van der Waals surface area contributed by atoms with Crippen LogP contribution in [0, 0.1) is 0 Å². The van der Waals surface area contributed by atoms with Gasteiger partial charge in [-0.15, -0.1) is 0 Å². The molecule has 1 aliphatic rings. The molecular formula is C18H17N5O. The Balaban J connectivity index is 1.96. The predicted molar refractivity (Wildman–Crippen MR) is 93.7 cm³/mol. The molecule has 0 spiro atoms. The Labute approximate surface area is 139 Å². The van der Waals surface area contributed by atoms with Gasteiger partial charge in [0, 0.05) is 26.0 Å². The molecule has 0 radical (unpaired) electrons. The van der Waals surface area contributed by atoms with E-state index in [-0.39, 0.29) is 5.91 Å². The van der Waals surface area contributed by atoms with Crippen molar-refractivity contribution in [2.24, 2.45) is 0 Å². The van der Waals surface area contributed by atoms with E-state index in [1.54, 1.807) is 24.2 Å². The topological polar surface area (TPSA) is 65.1 Å². The number of hydrogen-bond donors (Lipinski definition) is 1. The molecule has 0 atom stereocenters. The van der Waals surface area contributed by atoms with E-state index in [4.69, 9.17) is 4.98 Å².